The molecule has 1 rings (SSSR count). The first-order valence-corrected chi connectivity index (χ1v) is 3.37. The van der Waals surface area contributed by atoms with Gasteiger partial charge in [0, 0.05) is 0 Å². The number of hydrogen-bond donors (Lipinski definition) is 1. The van der Waals surface area contributed by atoms with Crippen molar-refractivity contribution < 1.29 is 34.5 Å². The first kappa shape index (κ1) is 13.9. The fourth-order valence-corrected chi connectivity index (χ4v) is 1.35. The summed E-state index contributed by atoms with van der Waals surface area (Å²) in [6.07, 6.45) is 0. The van der Waals surface area contributed by atoms with E-state index in [9.17, 15) is 4.79 Å². The van der Waals surface area contributed by atoms with E-state index in [4.69, 9.17) is 5.11 Å². The third-order valence-electron chi connectivity index (χ3n) is 1.06. The van der Waals surface area contributed by atoms with E-state index in [1.165, 1.54) is 11.3 Å². The van der Waals surface area contributed by atoms with Gasteiger partial charge in [-0.15, -0.1) is 11.3 Å². The van der Waals surface area contributed by atoms with Crippen LogP contribution < -0.4 is 18.9 Å². The number of aromatic carboxylic acids is 1. The van der Waals surface area contributed by atoms with Gasteiger partial charge < -0.3 is 10.8 Å². The Balaban J connectivity index is -0.0000000337. The molecule has 0 atom stereocenters. The Hall–Kier alpha value is 0.300. The zero-order valence-corrected chi connectivity index (χ0v) is 8.47. The van der Waals surface area contributed by atoms with Crippen molar-refractivity contribution in [3.63, 3.8) is 0 Å². The summed E-state index contributed by atoms with van der Waals surface area (Å²) in [5, 5.41) is 10.2. The van der Waals surface area contributed by atoms with Crippen molar-refractivity contribution in [3.05, 3.63) is 21.9 Å². The zero-order valence-electron chi connectivity index (χ0n) is 10.5. The van der Waals surface area contributed by atoms with Gasteiger partial charge in [-0.25, -0.2) is 4.79 Å². The van der Waals surface area contributed by atoms with Gasteiger partial charge in [0.1, 0.15) is 4.88 Å². The number of carbonyl (C=O) groups is 1. The molecule has 0 unspecified atom stereocenters. The largest absolute Gasteiger partial charge is 3.00 e. The third-order valence-corrected chi connectivity index (χ3v) is 2.06. The van der Waals surface area contributed by atoms with Crippen LogP contribution in [0.4, 0.5) is 0 Å². The molecule has 11 heavy (non-hydrogen) atoms. The van der Waals surface area contributed by atoms with Crippen LogP contribution in [0.1, 0.15) is 20.9 Å². The summed E-state index contributed by atoms with van der Waals surface area (Å²) in [6, 6.07) is 1.80. The maximum atomic E-state index is 10.3. The third kappa shape index (κ3) is 3.47. The molecule has 1 aromatic rings. The monoisotopic (exact) mass is 180 g/mol. The first-order chi connectivity index (χ1) is 4.22. The van der Waals surface area contributed by atoms with E-state index in [1.807, 2.05) is 0 Å². The Morgan fingerprint density at radius 1 is 1.73 bits per heavy atom. The van der Waals surface area contributed by atoms with E-state index in [-0.39, 0.29) is 41.9 Å². The summed E-state index contributed by atoms with van der Waals surface area (Å²) in [5.41, 5.74) is 0.840. The Kier molecular flexibility index (Phi) is 7.42. The average molecular weight is 180 g/mol. The van der Waals surface area contributed by atoms with E-state index in [0.29, 0.717) is 4.88 Å². The average Bonchev–Trinajstić information content (AvgIpc) is 2.13. The zero-order chi connectivity index (χ0) is 6.85. The summed E-state index contributed by atoms with van der Waals surface area (Å²) in [7, 11) is 0. The molecule has 0 saturated heterocycles. The van der Waals surface area contributed by atoms with Crippen LogP contribution >= 0.6 is 11.3 Å². The first-order valence-electron chi connectivity index (χ1n) is 2.49. The van der Waals surface area contributed by atoms with Crippen LogP contribution in [0.3, 0.4) is 0 Å². The number of hydrogen-bond acceptors (Lipinski definition) is 2. The van der Waals surface area contributed by atoms with Crippen molar-refractivity contribution in [2.45, 2.75) is 6.92 Å². The van der Waals surface area contributed by atoms with Crippen molar-refractivity contribution in [2.24, 2.45) is 0 Å². The molecule has 0 amide bonds. The molecule has 0 bridgehead atoms. The molecule has 1 aromatic heterocycles. The molecule has 56 valence electrons. The molecule has 0 aliphatic heterocycles. The number of carboxylic acids is 1. The summed E-state index contributed by atoms with van der Waals surface area (Å²) in [5.74, 6) is -0.831. The summed E-state index contributed by atoms with van der Waals surface area (Å²) in [4.78, 5) is 10.7. The maximum Gasteiger partial charge on any atom is 3.00 e. The maximum absolute atomic E-state index is 10.3. The van der Waals surface area contributed by atoms with Gasteiger partial charge >= 0.3 is 42.2 Å². The molecule has 0 spiro atoms. The van der Waals surface area contributed by atoms with E-state index in [0.717, 1.165) is 5.56 Å². The second kappa shape index (κ2) is 5.89. The standard InChI is InChI=1S/C6H6O2S.Al.Li.4H/c1-4-2-3-9-5(4)6(7)8;;;;;;/h2-3H,1H3,(H,7,8);;;;;;/q;+3;+1;4*-1. The SMILES string of the molecule is Cc1ccsc1C(=O)O.[Al+3].[H-].[H-].[H-].[H-].[Li+]. The van der Waals surface area contributed by atoms with E-state index >= 15 is 0 Å². The van der Waals surface area contributed by atoms with E-state index < -0.39 is 5.97 Å². The van der Waals surface area contributed by atoms with Crippen molar-refractivity contribution in [1.82, 2.24) is 0 Å². The fourth-order valence-electron chi connectivity index (χ4n) is 0.592. The molecule has 1 N–H and O–H groups in total. The molecule has 0 radical (unpaired) electrons. The smallest absolute Gasteiger partial charge is 1.00 e. The van der Waals surface area contributed by atoms with Gasteiger partial charge in [-0.2, -0.15) is 0 Å². The minimum absolute atomic E-state index is 0. The second-order valence-electron chi connectivity index (χ2n) is 1.74. The van der Waals surface area contributed by atoms with Crippen LogP contribution in [0.2, 0.25) is 0 Å². The molecule has 2 nitrogen and oxygen atoms in total. The minimum atomic E-state index is -0.831. The van der Waals surface area contributed by atoms with Crippen LogP contribution in [0.5, 0.6) is 0 Å². The Labute approximate surface area is 97.9 Å². The predicted molar refractivity (Wildman–Crippen MR) is 46.2 cm³/mol. The van der Waals surface area contributed by atoms with E-state index in [1.54, 1.807) is 18.4 Å². The Morgan fingerprint density at radius 3 is 2.45 bits per heavy atom. The number of carboxylic acid groups (broad SMARTS) is 1. The number of rotatable bonds is 1. The molecule has 0 fully saturated rings. The second-order valence-corrected chi connectivity index (χ2v) is 2.65. The van der Waals surface area contributed by atoms with Gasteiger partial charge in [-0.3, -0.25) is 0 Å². The molecule has 0 aromatic carbocycles. The van der Waals surface area contributed by atoms with Crippen LogP contribution in [0.15, 0.2) is 11.4 Å². The van der Waals surface area contributed by atoms with Gasteiger partial charge in [0.2, 0.25) is 0 Å². The van der Waals surface area contributed by atoms with E-state index in [2.05, 4.69) is 0 Å². The summed E-state index contributed by atoms with van der Waals surface area (Å²) >= 11 is 1.26. The quantitative estimate of drug-likeness (QED) is 0.553. The Morgan fingerprint density at radius 2 is 2.27 bits per heavy atom. The Bertz CT molecular complexity index is 249. The van der Waals surface area contributed by atoms with Crippen LogP contribution in [0.25, 0.3) is 0 Å². The molecule has 5 heteroatoms. The summed E-state index contributed by atoms with van der Waals surface area (Å²) in [6.45, 7) is 1.79. The van der Waals surface area contributed by atoms with Crippen molar-refractivity contribution in [3.8, 4) is 0 Å². The van der Waals surface area contributed by atoms with Gasteiger partial charge in [-0.1, -0.05) is 0 Å². The topological polar surface area (TPSA) is 37.3 Å². The van der Waals surface area contributed by atoms with Gasteiger partial charge in [0.05, 0.1) is 0 Å². The molecular formula is C6H10AlLiO2S. The van der Waals surface area contributed by atoms with Crippen LogP contribution in [0, 0.1) is 6.92 Å². The molecular weight excluding hydrogens is 170 g/mol. The van der Waals surface area contributed by atoms with Gasteiger partial charge in [0.25, 0.3) is 0 Å². The van der Waals surface area contributed by atoms with Crippen molar-refractivity contribution >= 4 is 34.7 Å². The normalized spacial score (nSPS) is 7.73. The predicted octanol–water partition coefficient (Wildman–Crippen LogP) is -1.17. The van der Waals surface area contributed by atoms with Crippen LogP contribution in [-0.4, -0.2) is 28.4 Å². The fraction of sp³-hybridized carbons (Fsp3) is 0.167. The number of thiophene rings is 1. The minimum Gasteiger partial charge on any atom is -1.00 e. The number of aryl methyl sites for hydroxylation is 1. The molecule has 1 heterocycles. The summed E-state index contributed by atoms with van der Waals surface area (Å²) < 4.78 is 0. The van der Waals surface area contributed by atoms with Gasteiger partial charge in [0.15, 0.2) is 0 Å². The van der Waals surface area contributed by atoms with Crippen molar-refractivity contribution in [2.75, 3.05) is 0 Å². The van der Waals surface area contributed by atoms with Crippen LogP contribution in [-0.2, 0) is 0 Å². The van der Waals surface area contributed by atoms with Gasteiger partial charge in [-0.05, 0) is 23.9 Å². The molecule has 0 aliphatic carbocycles. The van der Waals surface area contributed by atoms with Crippen molar-refractivity contribution in [1.29, 1.82) is 0 Å². The molecule has 0 saturated carbocycles. The molecule has 0 aliphatic rings.